The van der Waals surface area contributed by atoms with Gasteiger partial charge in [0.2, 0.25) is 0 Å². The molecule has 0 amide bonds. The first-order valence-corrected chi connectivity index (χ1v) is 13.9. The van der Waals surface area contributed by atoms with Crippen LogP contribution in [0.3, 0.4) is 0 Å². The van der Waals surface area contributed by atoms with Crippen molar-refractivity contribution in [3.05, 3.63) is 87.4 Å². The van der Waals surface area contributed by atoms with Gasteiger partial charge in [-0.15, -0.1) is 0 Å². The Morgan fingerprint density at radius 3 is 2.26 bits per heavy atom. The van der Waals surface area contributed by atoms with Crippen molar-refractivity contribution in [1.82, 2.24) is 4.90 Å². The molecule has 0 N–H and O–H groups in total. The molecule has 0 aliphatic heterocycles. The minimum absolute atomic E-state index is 0.0921. The van der Waals surface area contributed by atoms with Crippen LogP contribution in [0.1, 0.15) is 55.4 Å². The van der Waals surface area contributed by atoms with E-state index in [9.17, 15) is 18.0 Å². The maximum Gasteiger partial charge on any atom is 0.416 e. The van der Waals surface area contributed by atoms with Gasteiger partial charge in [0.05, 0.1) is 19.3 Å². The fourth-order valence-corrected chi connectivity index (χ4v) is 5.06. The summed E-state index contributed by atoms with van der Waals surface area (Å²) in [6.45, 7) is 5.11. The van der Waals surface area contributed by atoms with Gasteiger partial charge < -0.3 is 9.47 Å². The second kappa shape index (κ2) is 12.2. The lowest BCUT2D eigenvalue weighted by Gasteiger charge is -2.32. The first-order chi connectivity index (χ1) is 18.6. The maximum absolute atomic E-state index is 13.8. The number of ketones is 1. The summed E-state index contributed by atoms with van der Waals surface area (Å²) in [5.74, 6) is 0.633. The number of hydrogen-bond acceptors (Lipinski definition) is 4. The Kier molecular flexibility index (Phi) is 9.19. The van der Waals surface area contributed by atoms with Gasteiger partial charge in [-0.1, -0.05) is 54.0 Å². The summed E-state index contributed by atoms with van der Waals surface area (Å²) in [5, 5.41) is 0. The van der Waals surface area contributed by atoms with E-state index in [1.165, 1.54) is 19.2 Å². The van der Waals surface area contributed by atoms with Crippen LogP contribution in [-0.2, 0) is 35.3 Å². The van der Waals surface area contributed by atoms with Gasteiger partial charge in [-0.3, -0.25) is 9.69 Å². The number of benzene rings is 3. The number of carbonyl (C=O) groups is 1. The molecule has 8 heteroatoms. The van der Waals surface area contributed by atoms with Crippen LogP contribution >= 0.6 is 15.9 Å². The van der Waals surface area contributed by atoms with E-state index in [0.29, 0.717) is 42.0 Å². The van der Waals surface area contributed by atoms with E-state index in [1.807, 2.05) is 50.2 Å². The summed E-state index contributed by atoms with van der Waals surface area (Å²) < 4.78 is 54.3. The van der Waals surface area contributed by atoms with Gasteiger partial charge in [0, 0.05) is 29.4 Å². The van der Waals surface area contributed by atoms with Crippen molar-refractivity contribution in [3.63, 3.8) is 0 Å². The van der Waals surface area contributed by atoms with Crippen LogP contribution in [0.15, 0.2) is 65.1 Å². The molecule has 4 nitrogen and oxygen atoms in total. The zero-order valence-electron chi connectivity index (χ0n) is 22.4. The van der Waals surface area contributed by atoms with Crippen LogP contribution in [-0.4, -0.2) is 30.1 Å². The van der Waals surface area contributed by atoms with E-state index in [2.05, 4.69) is 20.8 Å². The van der Waals surface area contributed by atoms with Crippen molar-refractivity contribution in [2.75, 3.05) is 13.7 Å². The van der Waals surface area contributed by atoms with Gasteiger partial charge in [-0.05, 0) is 78.0 Å². The van der Waals surface area contributed by atoms with Gasteiger partial charge in [0.15, 0.2) is 0 Å². The van der Waals surface area contributed by atoms with Gasteiger partial charge in [-0.2, -0.15) is 13.2 Å². The van der Waals surface area contributed by atoms with Gasteiger partial charge >= 0.3 is 6.18 Å². The third kappa shape index (κ3) is 7.10. The van der Waals surface area contributed by atoms with Crippen LogP contribution in [0.5, 0.6) is 5.75 Å². The van der Waals surface area contributed by atoms with Crippen molar-refractivity contribution in [3.8, 4) is 16.9 Å². The number of rotatable bonds is 12. The average molecular weight is 605 g/mol. The largest absolute Gasteiger partial charge is 0.496 e. The Bertz CT molecular complexity index is 1300. The summed E-state index contributed by atoms with van der Waals surface area (Å²) in [5.41, 5.74) is 2.45. The molecule has 208 valence electrons. The molecule has 3 aromatic carbocycles. The Labute approximate surface area is 236 Å². The normalized spacial score (nSPS) is 14.5. The first-order valence-electron chi connectivity index (χ1n) is 13.1. The van der Waals surface area contributed by atoms with E-state index in [-0.39, 0.29) is 18.7 Å². The number of methoxy groups -OCH3 is 1. The Balaban J connectivity index is 1.69. The molecule has 4 rings (SSSR count). The lowest BCUT2D eigenvalue weighted by Crippen LogP contribution is -2.39. The van der Waals surface area contributed by atoms with Crippen molar-refractivity contribution in [2.24, 2.45) is 0 Å². The minimum atomic E-state index is -4.47. The average Bonchev–Trinajstić information content (AvgIpc) is 3.71. The highest BCUT2D eigenvalue weighted by Crippen LogP contribution is 2.46. The van der Waals surface area contributed by atoms with Gasteiger partial charge in [-0.25, -0.2) is 0 Å². The number of carbonyl (C=O) groups excluding carboxylic acids is 1. The third-order valence-electron chi connectivity index (χ3n) is 7.20. The van der Waals surface area contributed by atoms with E-state index >= 15 is 0 Å². The zero-order chi connectivity index (χ0) is 28.2. The molecule has 0 spiro atoms. The molecule has 39 heavy (non-hydrogen) atoms. The number of hydrogen-bond donors (Lipinski definition) is 0. The standard InChI is InChI=1S/C31H33BrF3NO3/c1-4-26(37)16-22-8-13-29(38-3)28(17-22)27-12-9-24(31(33,34)35)18-23(27)19-36(5-2)30(14-15-30)39-20-21-6-10-25(32)11-7-21/h6-13,17-18H,4-5,14-16,19-20H2,1-3H3. The van der Waals surface area contributed by atoms with Crippen molar-refractivity contribution < 1.29 is 27.4 Å². The van der Waals surface area contributed by atoms with Crippen LogP contribution in [0.4, 0.5) is 13.2 Å². The van der Waals surface area contributed by atoms with E-state index < -0.39 is 17.5 Å². The Morgan fingerprint density at radius 1 is 0.974 bits per heavy atom. The molecule has 1 aliphatic rings. The summed E-state index contributed by atoms with van der Waals surface area (Å²) in [6, 6.07) is 17.2. The SMILES string of the molecule is CCC(=O)Cc1ccc(OC)c(-c2ccc(C(F)(F)F)cc2CN(CC)C2(OCc3ccc(Br)cc3)CC2)c1. The molecular weight excluding hydrogens is 571 g/mol. The monoisotopic (exact) mass is 603 g/mol. The number of alkyl halides is 3. The zero-order valence-corrected chi connectivity index (χ0v) is 24.0. The first kappa shape index (κ1) is 29.3. The minimum Gasteiger partial charge on any atom is -0.496 e. The molecule has 1 saturated carbocycles. The van der Waals surface area contributed by atoms with Crippen LogP contribution < -0.4 is 4.74 Å². The predicted molar refractivity (Wildman–Crippen MR) is 149 cm³/mol. The molecule has 1 fully saturated rings. The highest BCUT2D eigenvalue weighted by atomic mass is 79.9. The molecule has 0 bridgehead atoms. The highest BCUT2D eigenvalue weighted by Gasteiger charge is 2.49. The topological polar surface area (TPSA) is 38.8 Å². The highest BCUT2D eigenvalue weighted by molar-refractivity contribution is 9.10. The fourth-order valence-electron chi connectivity index (χ4n) is 4.80. The maximum atomic E-state index is 13.8. The molecular formula is C31H33BrF3NO3. The lowest BCUT2D eigenvalue weighted by atomic mass is 9.93. The van der Waals surface area contributed by atoms with Gasteiger partial charge in [0.1, 0.15) is 17.3 Å². The second-order valence-electron chi connectivity index (χ2n) is 9.85. The lowest BCUT2D eigenvalue weighted by molar-refractivity contribution is -0.137. The summed E-state index contributed by atoms with van der Waals surface area (Å²) in [4.78, 5) is 14.2. The summed E-state index contributed by atoms with van der Waals surface area (Å²) >= 11 is 3.44. The molecule has 3 aromatic rings. The van der Waals surface area contributed by atoms with Crippen molar-refractivity contribution in [1.29, 1.82) is 0 Å². The Morgan fingerprint density at radius 2 is 1.67 bits per heavy atom. The molecule has 0 saturated heterocycles. The predicted octanol–water partition coefficient (Wildman–Crippen LogP) is 8.19. The van der Waals surface area contributed by atoms with Crippen molar-refractivity contribution in [2.45, 2.75) is 64.6 Å². The van der Waals surface area contributed by atoms with Crippen LogP contribution in [0.2, 0.25) is 0 Å². The quantitative estimate of drug-likeness (QED) is 0.196. The molecule has 0 heterocycles. The van der Waals surface area contributed by atoms with E-state index in [0.717, 1.165) is 34.5 Å². The molecule has 0 unspecified atom stereocenters. The number of nitrogens with zero attached hydrogens (tertiary/aromatic N) is 1. The Hall–Kier alpha value is -2.68. The molecule has 0 atom stereocenters. The third-order valence-corrected chi connectivity index (χ3v) is 7.73. The summed E-state index contributed by atoms with van der Waals surface area (Å²) in [6.07, 6.45) is -2.18. The number of Topliss-reactive ketones (excluding diaryl/α,β-unsaturated/α-hetero) is 1. The molecule has 1 aliphatic carbocycles. The van der Waals surface area contributed by atoms with Crippen LogP contribution in [0, 0.1) is 0 Å². The number of halogens is 4. The smallest absolute Gasteiger partial charge is 0.416 e. The van der Waals surface area contributed by atoms with E-state index in [1.54, 1.807) is 6.07 Å². The number of ether oxygens (including phenoxy) is 2. The summed E-state index contributed by atoms with van der Waals surface area (Å²) in [7, 11) is 1.53. The second-order valence-corrected chi connectivity index (χ2v) is 10.8. The molecule has 0 aromatic heterocycles. The van der Waals surface area contributed by atoms with Crippen LogP contribution in [0.25, 0.3) is 11.1 Å². The fraction of sp³-hybridized carbons (Fsp3) is 0.387. The van der Waals surface area contributed by atoms with E-state index in [4.69, 9.17) is 9.47 Å². The van der Waals surface area contributed by atoms with Gasteiger partial charge in [0.25, 0.3) is 0 Å². The van der Waals surface area contributed by atoms with Crippen molar-refractivity contribution >= 4 is 21.7 Å². The molecule has 0 radical (unpaired) electrons.